The van der Waals surface area contributed by atoms with E-state index in [9.17, 15) is 14.4 Å². The average Bonchev–Trinajstić information content (AvgIpc) is 2.86. The summed E-state index contributed by atoms with van der Waals surface area (Å²) in [5.41, 5.74) is 0.514. The zero-order valence-corrected chi connectivity index (χ0v) is 13.7. The molecule has 7 heteroatoms. The second kappa shape index (κ2) is 8.08. The van der Waals surface area contributed by atoms with Crippen LogP contribution in [0.4, 0.5) is 5.69 Å². The van der Waals surface area contributed by atoms with Crippen LogP contribution >= 0.6 is 11.6 Å². The van der Waals surface area contributed by atoms with Gasteiger partial charge < -0.3 is 9.64 Å². The molecule has 1 unspecified atom stereocenters. The highest BCUT2D eigenvalue weighted by atomic mass is 35.5. The first-order chi connectivity index (χ1) is 11.1. The number of rotatable bonds is 7. The molecule has 0 aromatic heterocycles. The third kappa shape index (κ3) is 3.89. The third-order valence-electron chi connectivity index (χ3n) is 3.70. The number of nitrogens with zero attached hydrogens (tertiary/aromatic N) is 2. The number of methoxy groups -OCH3 is 1. The smallest absolute Gasteiger partial charge is 0.257 e. The van der Waals surface area contributed by atoms with Gasteiger partial charge >= 0.3 is 0 Å². The first kappa shape index (κ1) is 17.4. The molecule has 2 rings (SSSR count). The highest BCUT2D eigenvalue weighted by Gasteiger charge is 2.43. The standard InChI is InChI=1S/C16H19ClN2O4/c1-23-9-5-8-18(15(21)11-17)13-10-14(20)19(16(13)22)12-6-3-2-4-7-12/h2-4,6-7,13H,5,8-11H2,1H3. The fourth-order valence-electron chi connectivity index (χ4n) is 2.62. The lowest BCUT2D eigenvalue weighted by Crippen LogP contribution is -2.46. The van der Waals surface area contributed by atoms with Crippen molar-refractivity contribution in [3.63, 3.8) is 0 Å². The minimum absolute atomic E-state index is 0.0245. The Kier molecular flexibility index (Phi) is 6.12. The largest absolute Gasteiger partial charge is 0.385 e. The van der Waals surface area contributed by atoms with Gasteiger partial charge in [0.1, 0.15) is 11.9 Å². The molecule has 0 spiro atoms. The van der Waals surface area contributed by atoms with Gasteiger partial charge in [0.2, 0.25) is 11.8 Å². The van der Waals surface area contributed by atoms with Crippen molar-refractivity contribution in [2.24, 2.45) is 0 Å². The van der Waals surface area contributed by atoms with E-state index in [1.54, 1.807) is 37.4 Å². The van der Waals surface area contributed by atoms with Gasteiger partial charge in [-0.1, -0.05) is 18.2 Å². The van der Waals surface area contributed by atoms with Gasteiger partial charge in [0.05, 0.1) is 12.1 Å². The Morgan fingerprint density at radius 3 is 2.65 bits per heavy atom. The Morgan fingerprint density at radius 2 is 2.04 bits per heavy atom. The summed E-state index contributed by atoms with van der Waals surface area (Å²) in [7, 11) is 1.56. The summed E-state index contributed by atoms with van der Waals surface area (Å²) < 4.78 is 4.97. The van der Waals surface area contributed by atoms with Gasteiger partial charge in [-0.05, 0) is 18.6 Å². The highest BCUT2D eigenvalue weighted by Crippen LogP contribution is 2.25. The normalized spacial score (nSPS) is 17.7. The maximum Gasteiger partial charge on any atom is 0.257 e. The molecule has 0 bridgehead atoms. The van der Waals surface area contributed by atoms with Crippen molar-refractivity contribution >= 4 is 35.0 Å². The molecule has 1 aliphatic heterocycles. The number of anilines is 1. The Hall–Kier alpha value is -1.92. The fourth-order valence-corrected chi connectivity index (χ4v) is 2.77. The molecule has 0 aliphatic carbocycles. The number of ether oxygens (including phenoxy) is 1. The van der Waals surface area contributed by atoms with Crippen LogP contribution in [0.3, 0.4) is 0 Å². The van der Waals surface area contributed by atoms with Gasteiger partial charge in [-0.2, -0.15) is 0 Å². The molecule has 124 valence electrons. The van der Waals surface area contributed by atoms with E-state index in [1.165, 1.54) is 4.90 Å². The second-order valence-corrected chi connectivity index (χ2v) is 5.46. The molecule has 0 radical (unpaired) electrons. The fraction of sp³-hybridized carbons (Fsp3) is 0.438. The van der Waals surface area contributed by atoms with Crippen molar-refractivity contribution in [2.45, 2.75) is 18.9 Å². The number of carbonyl (C=O) groups excluding carboxylic acids is 3. The van der Waals surface area contributed by atoms with Crippen molar-refractivity contribution in [3.05, 3.63) is 30.3 Å². The van der Waals surface area contributed by atoms with E-state index in [0.717, 1.165) is 4.90 Å². The lowest BCUT2D eigenvalue weighted by molar-refractivity contribution is -0.136. The van der Waals surface area contributed by atoms with Crippen molar-refractivity contribution in [3.8, 4) is 0 Å². The van der Waals surface area contributed by atoms with Gasteiger partial charge in [-0.3, -0.25) is 14.4 Å². The average molecular weight is 339 g/mol. The molecule has 1 aromatic carbocycles. The molecule has 0 N–H and O–H groups in total. The molecule has 1 aliphatic rings. The quantitative estimate of drug-likeness (QED) is 0.428. The SMILES string of the molecule is COCCCN(C(=O)CCl)C1CC(=O)N(c2ccccc2)C1=O. The first-order valence-electron chi connectivity index (χ1n) is 7.36. The van der Waals surface area contributed by atoms with Crippen molar-refractivity contribution < 1.29 is 19.1 Å². The van der Waals surface area contributed by atoms with Crippen molar-refractivity contribution in [1.82, 2.24) is 4.90 Å². The van der Waals surface area contributed by atoms with Crippen LogP contribution in [0.15, 0.2) is 30.3 Å². The minimum atomic E-state index is -0.800. The van der Waals surface area contributed by atoms with E-state index in [4.69, 9.17) is 16.3 Å². The topological polar surface area (TPSA) is 66.9 Å². The van der Waals surface area contributed by atoms with Gasteiger partial charge in [0.25, 0.3) is 5.91 Å². The van der Waals surface area contributed by atoms with Gasteiger partial charge in [-0.25, -0.2) is 4.90 Å². The molecule has 6 nitrogen and oxygen atoms in total. The molecule has 1 atom stereocenters. The number of alkyl halides is 1. The molecular weight excluding hydrogens is 320 g/mol. The lowest BCUT2D eigenvalue weighted by Gasteiger charge is -2.27. The molecule has 3 amide bonds. The Bertz CT molecular complexity index is 579. The highest BCUT2D eigenvalue weighted by molar-refractivity contribution is 6.28. The number of hydrogen-bond acceptors (Lipinski definition) is 4. The number of para-hydroxylation sites is 1. The summed E-state index contributed by atoms with van der Waals surface area (Å²) in [4.78, 5) is 39.5. The molecular formula is C16H19ClN2O4. The van der Waals surface area contributed by atoms with Gasteiger partial charge in [-0.15, -0.1) is 11.6 Å². The molecule has 0 saturated carbocycles. The number of benzene rings is 1. The Labute approximate surface area is 139 Å². The Balaban J connectivity index is 2.19. The number of hydrogen-bond donors (Lipinski definition) is 0. The van der Waals surface area contributed by atoms with Gasteiger partial charge in [0, 0.05) is 20.3 Å². The molecule has 1 heterocycles. The van der Waals surface area contributed by atoms with E-state index < -0.39 is 11.9 Å². The van der Waals surface area contributed by atoms with Gasteiger partial charge in [0.15, 0.2) is 0 Å². The summed E-state index contributed by atoms with van der Waals surface area (Å²) in [6, 6.07) is 7.89. The third-order valence-corrected chi connectivity index (χ3v) is 3.92. The van der Waals surface area contributed by atoms with Crippen LogP contribution in [0.1, 0.15) is 12.8 Å². The summed E-state index contributed by atoms with van der Waals surface area (Å²) in [6.45, 7) is 0.787. The van der Waals surface area contributed by atoms with Crippen molar-refractivity contribution in [1.29, 1.82) is 0 Å². The van der Waals surface area contributed by atoms with Crippen LogP contribution in [0, 0.1) is 0 Å². The van der Waals surface area contributed by atoms with Crippen LogP contribution in [-0.4, -0.2) is 54.8 Å². The van der Waals surface area contributed by atoms with Crippen LogP contribution in [-0.2, 0) is 19.1 Å². The first-order valence-corrected chi connectivity index (χ1v) is 7.89. The molecule has 1 aromatic rings. The lowest BCUT2D eigenvalue weighted by atomic mass is 10.2. The van der Waals surface area contributed by atoms with Crippen LogP contribution < -0.4 is 4.90 Å². The van der Waals surface area contributed by atoms with E-state index >= 15 is 0 Å². The zero-order chi connectivity index (χ0) is 16.8. The van der Waals surface area contributed by atoms with E-state index in [2.05, 4.69) is 0 Å². The molecule has 23 heavy (non-hydrogen) atoms. The second-order valence-electron chi connectivity index (χ2n) is 5.19. The number of imide groups is 1. The molecule has 1 fully saturated rings. The monoisotopic (exact) mass is 338 g/mol. The van der Waals surface area contributed by atoms with E-state index in [0.29, 0.717) is 25.3 Å². The van der Waals surface area contributed by atoms with Crippen molar-refractivity contribution in [2.75, 3.05) is 31.0 Å². The van der Waals surface area contributed by atoms with E-state index in [1.807, 2.05) is 0 Å². The van der Waals surface area contributed by atoms with Crippen LogP contribution in [0.2, 0.25) is 0 Å². The maximum absolute atomic E-state index is 12.6. The summed E-state index contributed by atoms with van der Waals surface area (Å²) in [5, 5.41) is 0. The summed E-state index contributed by atoms with van der Waals surface area (Å²) in [5.74, 6) is -1.29. The Morgan fingerprint density at radius 1 is 1.35 bits per heavy atom. The summed E-state index contributed by atoms with van der Waals surface area (Å²) >= 11 is 5.64. The number of amides is 3. The molecule has 1 saturated heterocycles. The maximum atomic E-state index is 12.6. The summed E-state index contributed by atoms with van der Waals surface area (Å²) in [6.07, 6.45) is 0.547. The predicted octanol–water partition coefficient (Wildman–Crippen LogP) is 1.42. The predicted molar refractivity (Wildman–Crippen MR) is 86.3 cm³/mol. The van der Waals surface area contributed by atoms with Crippen LogP contribution in [0.25, 0.3) is 0 Å². The zero-order valence-electron chi connectivity index (χ0n) is 12.9. The minimum Gasteiger partial charge on any atom is -0.385 e. The number of halogens is 1. The number of carbonyl (C=O) groups is 3. The van der Waals surface area contributed by atoms with E-state index in [-0.39, 0.29) is 24.1 Å². The van der Waals surface area contributed by atoms with Crippen LogP contribution in [0.5, 0.6) is 0 Å².